The van der Waals surface area contributed by atoms with E-state index >= 15 is 0 Å². The van der Waals surface area contributed by atoms with Crippen molar-refractivity contribution in [1.29, 1.82) is 0 Å². The average Bonchev–Trinajstić information content (AvgIpc) is 3.07. The summed E-state index contributed by atoms with van der Waals surface area (Å²) in [7, 11) is 0. The number of H-pyrrole nitrogens is 1. The first kappa shape index (κ1) is 14.9. The van der Waals surface area contributed by atoms with Crippen LogP contribution in [0.15, 0.2) is 61.1 Å². The van der Waals surface area contributed by atoms with Gasteiger partial charge in [0.2, 0.25) is 0 Å². The molecule has 4 aromatic rings. The van der Waals surface area contributed by atoms with Crippen LogP contribution in [0.5, 0.6) is 0 Å². The molecule has 0 saturated heterocycles. The van der Waals surface area contributed by atoms with Crippen LogP contribution in [0, 0.1) is 5.82 Å². The number of nitrogens with zero attached hydrogens (tertiary/aromatic N) is 3. The quantitative estimate of drug-likeness (QED) is 0.602. The maximum absolute atomic E-state index is 13.1. The molecule has 0 radical (unpaired) electrons. The van der Waals surface area contributed by atoms with E-state index in [1.165, 1.54) is 18.3 Å². The van der Waals surface area contributed by atoms with Crippen molar-refractivity contribution in [2.45, 2.75) is 0 Å². The van der Waals surface area contributed by atoms with Crippen molar-refractivity contribution in [3.05, 3.63) is 72.4 Å². The van der Waals surface area contributed by atoms with Gasteiger partial charge in [-0.15, -0.1) is 0 Å². The summed E-state index contributed by atoms with van der Waals surface area (Å²) in [5.74, 6) is -0.0880. The number of aromatic amines is 1. The first-order valence-corrected chi connectivity index (χ1v) is 7.53. The summed E-state index contributed by atoms with van der Waals surface area (Å²) in [5, 5.41) is 2.80. The van der Waals surface area contributed by atoms with Gasteiger partial charge in [0.15, 0.2) is 5.65 Å². The van der Waals surface area contributed by atoms with Crippen LogP contribution in [0.3, 0.4) is 0 Å². The number of benzene rings is 1. The first-order valence-electron chi connectivity index (χ1n) is 7.53. The molecule has 1 aromatic carbocycles. The third kappa shape index (κ3) is 2.94. The molecule has 122 valence electrons. The van der Waals surface area contributed by atoms with E-state index in [0.717, 1.165) is 0 Å². The molecule has 3 aromatic heterocycles. The van der Waals surface area contributed by atoms with E-state index in [1.54, 1.807) is 42.7 Å². The Kier molecular flexibility index (Phi) is 3.66. The van der Waals surface area contributed by atoms with Crippen LogP contribution in [0.1, 0.15) is 10.4 Å². The van der Waals surface area contributed by atoms with Crippen molar-refractivity contribution in [3.63, 3.8) is 0 Å². The molecule has 0 fully saturated rings. The number of halogens is 1. The van der Waals surface area contributed by atoms with E-state index in [4.69, 9.17) is 0 Å². The lowest BCUT2D eigenvalue weighted by Crippen LogP contribution is -2.12. The number of rotatable bonds is 3. The van der Waals surface area contributed by atoms with E-state index in [9.17, 15) is 9.18 Å². The Morgan fingerprint density at radius 1 is 1.00 bits per heavy atom. The number of nitrogens with one attached hydrogen (secondary N) is 2. The molecule has 0 bridgehead atoms. The average molecular weight is 333 g/mol. The molecule has 0 saturated carbocycles. The fraction of sp³-hybridized carbons (Fsp3) is 0. The molecule has 7 heteroatoms. The summed E-state index contributed by atoms with van der Waals surface area (Å²) in [6.45, 7) is 0. The molecule has 0 aliphatic carbocycles. The number of hydrogen-bond donors (Lipinski definition) is 2. The number of aromatic nitrogens is 4. The Hall–Kier alpha value is -3.61. The van der Waals surface area contributed by atoms with Gasteiger partial charge in [-0.25, -0.2) is 14.4 Å². The van der Waals surface area contributed by atoms with Crippen LogP contribution in [-0.4, -0.2) is 25.8 Å². The van der Waals surface area contributed by atoms with Gasteiger partial charge in [0.1, 0.15) is 11.6 Å². The van der Waals surface area contributed by atoms with E-state index < -0.39 is 0 Å². The van der Waals surface area contributed by atoms with Crippen molar-refractivity contribution in [2.24, 2.45) is 0 Å². The second kappa shape index (κ2) is 6.12. The Balaban J connectivity index is 1.72. The first-order chi connectivity index (χ1) is 12.2. The van der Waals surface area contributed by atoms with E-state index in [1.807, 2.05) is 0 Å². The van der Waals surface area contributed by atoms with Crippen molar-refractivity contribution < 1.29 is 9.18 Å². The highest BCUT2D eigenvalue weighted by Crippen LogP contribution is 2.22. The fourth-order valence-corrected chi connectivity index (χ4v) is 2.48. The summed E-state index contributed by atoms with van der Waals surface area (Å²) >= 11 is 0. The van der Waals surface area contributed by atoms with E-state index in [2.05, 4.69) is 25.3 Å². The SMILES string of the molecule is O=C(Nc1ccncc1)c1ccnc2nc(-c3ccc(F)cc3)[nH]c12. The Morgan fingerprint density at radius 3 is 2.52 bits per heavy atom. The van der Waals surface area contributed by atoms with Crippen molar-refractivity contribution in [2.75, 3.05) is 5.32 Å². The van der Waals surface area contributed by atoms with Crippen molar-refractivity contribution in [1.82, 2.24) is 19.9 Å². The second-order valence-corrected chi connectivity index (χ2v) is 5.34. The minimum absolute atomic E-state index is 0.284. The third-order valence-electron chi connectivity index (χ3n) is 3.69. The standard InChI is InChI=1S/C18H12FN5O/c19-12-3-1-11(2-4-12)16-23-15-14(7-10-21-17(15)24-16)18(25)22-13-5-8-20-9-6-13/h1-10H,(H,20,22,25)(H,21,23,24). The topological polar surface area (TPSA) is 83.6 Å². The highest BCUT2D eigenvalue weighted by atomic mass is 19.1. The zero-order chi connectivity index (χ0) is 17.2. The van der Waals surface area contributed by atoms with Crippen LogP contribution >= 0.6 is 0 Å². The van der Waals surface area contributed by atoms with Crippen LogP contribution in [-0.2, 0) is 0 Å². The van der Waals surface area contributed by atoms with Crippen LogP contribution in [0.2, 0.25) is 0 Å². The number of amides is 1. The maximum atomic E-state index is 13.1. The van der Waals surface area contributed by atoms with Crippen LogP contribution < -0.4 is 5.32 Å². The molecule has 3 heterocycles. The van der Waals surface area contributed by atoms with Crippen molar-refractivity contribution >= 4 is 22.8 Å². The summed E-state index contributed by atoms with van der Waals surface area (Å²) in [5.41, 5.74) is 2.71. The monoisotopic (exact) mass is 333 g/mol. The lowest BCUT2D eigenvalue weighted by Gasteiger charge is -2.05. The van der Waals surface area contributed by atoms with Gasteiger partial charge < -0.3 is 10.3 Å². The molecule has 0 unspecified atom stereocenters. The molecule has 0 spiro atoms. The number of imidazole rings is 1. The van der Waals surface area contributed by atoms with Gasteiger partial charge in [0.05, 0.1) is 11.1 Å². The zero-order valence-electron chi connectivity index (χ0n) is 12.9. The van der Waals surface area contributed by atoms with Gasteiger partial charge in [-0.1, -0.05) is 0 Å². The molecule has 4 rings (SSSR count). The highest BCUT2D eigenvalue weighted by Gasteiger charge is 2.15. The molecule has 0 aliphatic heterocycles. The molecule has 2 N–H and O–H groups in total. The lowest BCUT2D eigenvalue weighted by atomic mass is 10.2. The number of carbonyl (C=O) groups excluding carboxylic acids is 1. The van der Waals surface area contributed by atoms with Gasteiger partial charge >= 0.3 is 0 Å². The largest absolute Gasteiger partial charge is 0.336 e. The maximum Gasteiger partial charge on any atom is 0.257 e. The Morgan fingerprint density at radius 2 is 1.76 bits per heavy atom. The second-order valence-electron chi connectivity index (χ2n) is 5.34. The van der Waals surface area contributed by atoms with Gasteiger partial charge in [-0.05, 0) is 42.5 Å². The van der Waals surface area contributed by atoms with E-state index in [-0.39, 0.29) is 11.7 Å². The van der Waals surface area contributed by atoms with Gasteiger partial charge in [-0.2, -0.15) is 0 Å². The van der Waals surface area contributed by atoms with Crippen LogP contribution in [0.25, 0.3) is 22.6 Å². The number of hydrogen-bond acceptors (Lipinski definition) is 4. The zero-order valence-corrected chi connectivity index (χ0v) is 12.9. The molecule has 0 atom stereocenters. The number of fused-ring (bicyclic) bond motifs is 1. The molecule has 1 amide bonds. The molecule has 25 heavy (non-hydrogen) atoms. The van der Waals surface area contributed by atoms with Gasteiger partial charge in [0.25, 0.3) is 5.91 Å². The van der Waals surface area contributed by atoms with Crippen molar-refractivity contribution in [3.8, 4) is 11.4 Å². The van der Waals surface area contributed by atoms with Crippen LogP contribution in [0.4, 0.5) is 10.1 Å². The number of pyridine rings is 2. The normalized spacial score (nSPS) is 10.8. The summed E-state index contributed by atoms with van der Waals surface area (Å²) < 4.78 is 13.1. The van der Waals surface area contributed by atoms with Gasteiger partial charge in [0, 0.05) is 29.8 Å². The minimum Gasteiger partial charge on any atom is -0.336 e. The van der Waals surface area contributed by atoms with E-state index in [0.29, 0.717) is 33.8 Å². The number of carbonyl (C=O) groups is 1. The smallest absolute Gasteiger partial charge is 0.257 e. The molecule has 6 nitrogen and oxygen atoms in total. The summed E-state index contributed by atoms with van der Waals surface area (Å²) in [6, 6.07) is 11.0. The number of anilines is 1. The highest BCUT2D eigenvalue weighted by molar-refractivity contribution is 6.11. The Labute approximate surface area is 141 Å². The predicted octanol–water partition coefficient (Wildman–Crippen LogP) is 3.41. The molecular weight excluding hydrogens is 321 g/mol. The summed E-state index contributed by atoms with van der Waals surface area (Å²) in [6.07, 6.45) is 4.72. The predicted molar refractivity (Wildman–Crippen MR) is 91.5 cm³/mol. The molecular formula is C18H12FN5O. The third-order valence-corrected chi connectivity index (χ3v) is 3.69. The lowest BCUT2D eigenvalue weighted by molar-refractivity contribution is 0.102. The minimum atomic E-state index is -0.324. The summed E-state index contributed by atoms with van der Waals surface area (Å²) in [4.78, 5) is 28.1. The van der Waals surface area contributed by atoms with Gasteiger partial charge in [-0.3, -0.25) is 9.78 Å². The molecule has 0 aliphatic rings. The fourth-order valence-electron chi connectivity index (χ4n) is 2.48. The Bertz CT molecular complexity index is 1040.